The van der Waals surface area contributed by atoms with Gasteiger partial charge in [0.2, 0.25) is 5.91 Å². The molecule has 1 aliphatic carbocycles. The van der Waals surface area contributed by atoms with Crippen molar-refractivity contribution in [1.82, 2.24) is 0 Å². The molecule has 1 N–H and O–H groups in total. The third-order valence-electron chi connectivity index (χ3n) is 6.82. The van der Waals surface area contributed by atoms with E-state index in [9.17, 15) is 19.7 Å². The number of nitro groups is 1. The Kier molecular flexibility index (Phi) is 5.54. The average Bonchev–Trinajstić information content (AvgIpc) is 3.21. The fourth-order valence-electron chi connectivity index (χ4n) is 5.29. The van der Waals surface area contributed by atoms with Gasteiger partial charge in [-0.25, -0.2) is 0 Å². The van der Waals surface area contributed by atoms with Crippen LogP contribution in [0.5, 0.6) is 0 Å². The van der Waals surface area contributed by atoms with Gasteiger partial charge in [-0.2, -0.15) is 0 Å². The Labute approximate surface area is 208 Å². The first-order chi connectivity index (χ1) is 17.1. The Morgan fingerprint density at radius 3 is 2.58 bits per heavy atom. The normalized spacial score (nSPS) is 18.7. The highest BCUT2D eigenvalue weighted by atomic mass is 16.6. The van der Waals surface area contributed by atoms with Gasteiger partial charge in [-0.3, -0.25) is 24.6 Å². The van der Waals surface area contributed by atoms with E-state index in [-0.39, 0.29) is 22.8 Å². The number of para-hydroxylation sites is 2. The number of non-ortho nitro benzene ring substituents is 1. The number of carbonyl (C=O) groups excluding carboxylic acids is 2. The van der Waals surface area contributed by atoms with Gasteiger partial charge in [0.05, 0.1) is 16.3 Å². The third kappa shape index (κ3) is 3.98. The predicted octanol–water partition coefficient (Wildman–Crippen LogP) is 6.33. The number of hydrogen-bond donors (Lipinski definition) is 1. The van der Waals surface area contributed by atoms with Crippen molar-refractivity contribution in [2.75, 3.05) is 10.2 Å². The van der Waals surface area contributed by atoms with E-state index >= 15 is 0 Å². The minimum absolute atomic E-state index is 0.00227. The standard InChI is InChI=1S/C28H27N3O5/c1-16-13-18(31(34)35)9-10-19(16)24-11-12-25(36-24)27-26-21(14-28(3,4)15-23(26)33)29-20-7-5-6-8-22(20)30(27)17(2)32/h5-13,27,29H,14-15H2,1-4H3/t27-/m1/s1. The zero-order valence-corrected chi connectivity index (χ0v) is 20.6. The largest absolute Gasteiger partial charge is 0.458 e. The van der Waals surface area contributed by atoms with E-state index in [1.165, 1.54) is 19.1 Å². The highest BCUT2D eigenvalue weighted by Crippen LogP contribution is 2.49. The van der Waals surface area contributed by atoms with Crippen LogP contribution in [0.1, 0.15) is 51.0 Å². The molecule has 2 heterocycles. The minimum atomic E-state index is -0.746. The zero-order valence-electron chi connectivity index (χ0n) is 20.6. The first-order valence-electron chi connectivity index (χ1n) is 11.8. The predicted molar refractivity (Wildman–Crippen MR) is 137 cm³/mol. The first-order valence-corrected chi connectivity index (χ1v) is 11.8. The van der Waals surface area contributed by atoms with Gasteiger partial charge in [0.15, 0.2) is 5.78 Å². The van der Waals surface area contributed by atoms with Crippen LogP contribution >= 0.6 is 0 Å². The SMILES string of the molecule is CC(=O)N1c2ccccc2NC2=C(C(=O)CC(C)(C)C2)[C@H]1c1ccc(-c2ccc([N+](=O)[O-])cc2C)o1. The molecule has 1 amide bonds. The van der Waals surface area contributed by atoms with Crippen molar-refractivity contribution in [2.24, 2.45) is 5.41 Å². The number of rotatable bonds is 3. The van der Waals surface area contributed by atoms with Gasteiger partial charge in [-0.1, -0.05) is 26.0 Å². The van der Waals surface area contributed by atoms with Gasteiger partial charge in [-0.05, 0) is 54.7 Å². The summed E-state index contributed by atoms with van der Waals surface area (Å²) in [7, 11) is 0. The molecule has 36 heavy (non-hydrogen) atoms. The molecule has 0 spiro atoms. The number of fused-ring (bicyclic) bond motifs is 1. The van der Waals surface area contributed by atoms with Crippen LogP contribution in [-0.2, 0) is 9.59 Å². The first kappa shape index (κ1) is 23.5. The molecular formula is C28H27N3O5. The number of anilines is 2. The number of allylic oxidation sites excluding steroid dienone is 1. The molecule has 2 aliphatic rings. The lowest BCUT2D eigenvalue weighted by molar-refractivity contribution is -0.384. The van der Waals surface area contributed by atoms with Crippen LogP contribution in [0.3, 0.4) is 0 Å². The molecule has 0 fully saturated rings. The summed E-state index contributed by atoms with van der Waals surface area (Å²) in [5.74, 6) is 0.724. The van der Waals surface area contributed by atoms with Crippen molar-refractivity contribution >= 4 is 28.8 Å². The molecule has 8 heteroatoms. The molecule has 2 aromatic carbocycles. The maximum absolute atomic E-state index is 13.6. The van der Waals surface area contributed by atoms with E-state index in [1.54, 1.807) is 30.0 Å². The number of nitro benzene ring substituents is 1. The molecule has 8 nitrogen and oxygen atoms in total. The van der Waals surface area contributed by atoms with Gasteiger partial charge in [0.25, 0.3) is 5.69 Å². The molecule has 0 saturated carbocycles. The number of carbonyl (C=O) groups is 2. The Hall–Kier alpha value is -4.20. The summed E-state index contributed by atoms with van der Waals surface area (Å²) in [5.41, 5.74) is 3.92. The number of Topliss-reactive ketones (excluding diaryl/α,β-unsaturated/α-hetero) is 1. The quantitative estimate of drug-likeness (QED) is 0.343. The molecule has 0 bridgehead atoms. The third-order valence-corrected chi connectivity index (χ3v) is 6.82. The zero-order chi connectivity index (χ0) is 25.8. The Bertz CT molecular complexity index is 1450. The molecular weight excluding hydrogens is 458 g/mol. The molecule has 1 atom stereocenters. The summed E-state index contributed by atoms with van der Waals surface area (Å²) in [4.78, 5) is 39.0. The van der Waals surface area contributed by atoms with Gasteiger partial charge in [-0.15, -0.1) is 0 Å². The Morgan fingerprint density at radius 1 is 1.14 bits per heavy atom. The van der Waals surface area contributed by atoms with Gasteiger partial charge < -0.3 is 9.73 Å². The lowest BCUT2D eigenvalue weighted by atomic mass is 9.74. The van der Waals surface area contributed by atoms with Crippen molar-refractivity contribution < 1.29 is 18.9 Å². The summed E-state index contributed by atoms with van der Waals surface area (Å²) in [6.07, 6.45) is 1.01. The summed E-state index contributed by atoms with van der Waals surface area (Å²) >= 11 is 0. The number of amides is 1. The van der Waals surface area contributed by atoms with Crippen LogP contribution in [0.15, 0.2) is 70.3 Å². The molecule has 0 radical (unpaired) electrons. The molecule has 184 valence electrons. The lowest BCUT2D eigenvalue weighted by Crippen LogP contribution is -2.38. The summed E-state index contributed by atoms with van der Waals surface area (Å²) in [6.45, 7) is 7.39. The molecule has 3 aromatic rings. The van der Waals surface area contributed by atoms with Crippen LogP contribution < -0.4 is 10.2 Å². The monoisotopic (exact) mass is 485 g/mol. The number of aryl methyl sites for hydroxylation is 1. The summed E-state index contributed by atoms with van der Waals surface area (Å²) in [6, 6.07) is 14.9. The highest BCUT2D eigenvalue weighted by molar-refractivity contribution is 6.05. The van der Waals surface area contributed by atoms with Crippen LogP contribution in [-0.4, -0.2) is 16.6 Å². The molecule has 0 unspecified atom stereocenters. The Morgan fingerprint density at radius 2 is 1.89 bits per heavy atom. The molecule has 5 rings (SSSR count). The second-order valence-corrected chi connectivity index (χ2v) is 10.2. The van der Waals surface area contributed by atoms with Crippen molar-refractivity contribution in [3.8, 4) is 11.3 Å². The van der Waals surface area contributed by atoms with E-state index in [4.69, 9.17) is 4.42 Å². The Balaban J connectivity index is 1.69. The van der Waals surface area contributed by atoms with Gasteiger partial charge >= 0.3 is 0 Å². The fourth-order valence-corrected chi connectivity index (χ4v) is 5.29. The molecule has 1 aliphatic heterocycles. The van der Waals surface area contributed by atoms with Crippen molar-refractivity contribution in [2.45, 2.75) is 46.6 Å². The molecule has 0 saturated heterocycles. The van der Waals surface area contributed by atoms with E-state index < -0.39 is 11.0 Å². The number of benzene rings is 2. The second kappa shape index (κ2) is 8.48. The number of ketones is 1. The van der Waals surface area contributed by atoms with E-state index in [0.29, 0.717) is 46.7 Å². The maximum atomic E-state index is 13.6. The lowest BCUT2D eigenvalue weighted by Gasteiger charge is -2.35. The average molecular weight is 486 g/mol. The van der Waals surface area contributed by atoms with E-state index in [1.807, 2.05) is 24.3 Å². The van der Waals surface area contributed by atoms with E-state index in [2.05, 4.69) is 19.2 Å². The topological polar surface area (TPSA) is 106 Å². The number of nitrogens with one attached hydrogen (secondary N) is 1. The van der Waals surface area contributed by atoms with Crippen LogP contribution in [0.25, 0.3) is 11.3 Å². The van der Waals surface area contributed by atoms with Crippen LogP contribution in [0, 0.1) is 22.5 Å². The number of furan rings is 1. The minimum Gasteiger partial charge on any atom is -0.458 e. The van der Waals surface area contributed by atoms with Crippen LogP contribution in [0.2, 0.25) is 0 Å². The number of hydrogen-bond acceptors (Lipinski definition) is 6. The van der Waals surface area contributed by atoms with Crippen molar-refractivity contribution in [3.63, 3.8) is 0 Å². The summed E-state index contributed by atoms with van der Waals surface area (Å²) in [5, 5.41) is 14.6. The molecule has 1 aromatic heterocycles. The fraction of sp³-hybridized carbons (Fsp3) is 0.286. The van der Waals surface area contributed by atoms with Crippen molar-refractivity contribution in [1.29, 1.82) is 0 Å². The van der Waals surface area contributed by atoms with Crippen molar-refractivity contribution in [3.05, 3.63) is 87.3 Å². The highest BCUT2D eigenvalue weighted by Gasteiger charge is 2.43. The summed E-state index contributed by atoms with van der Waals surface area (Å²) < 4.78 is 6.31. The van der Waals surface area contributed by atoms with Gasteiger partial charge in [0.1, 0.15) is 17.6 Å². The van der Waals surface area contributed by atoms with Crippen LogP contribution in [0.4, 0.5) is 17.1 Å². The second-order valence-electron chi connectivity index (χ2n) is 10.2. The maximum Gasteiger partial charge on any atom is 0.269 e. The number of nitrogens with zero attached hydrogens (tertiary/aromatic N) is 2. The van der Waals surface area contributed by atoms with Gasteiger partial charge in [0, 0.05) is 42.3 Å². The van der Waals surface area contributed by atoms with E-state index in [0.717, 1.165) is 11.4 Å². The smallest absolute Gasteiger partial charge is 0.269 e.